The fraction of sp³-hybridized carbons (Fsp3) is 0.556. The van der Waals surface area contributed by atoms with Gasteiger partial charge in [-0.2, -0.15) is 0 Å². The molecule has 0 saturated carbocycles. The predicted octanol–water partition coefficient (Wildman–Crippen LogP) is 2.09. The van der Waals surface area contributed by atoms with Crippen LogP contribution in [-0.4, -0.2) is 60.1 Å². The summed E-state index contributed by atoms with van der Waals surface area (Å²) in [5.41, 5.74) is 2.09. The highest BCUT2D eigenvalue weighted by molar-refractivity contribution is 7.80. The van der Waals surface area contributed by atoms with E-state index >= 15 is 0 Å². The van der Waals surface area contributed by atoms with Gasteiger partial charge >= 0.3 is 0 Å². The summed E-state index contributed by atoms with van der Waals surface area (Å²) >= 11 is 5.40. The number of piperazine rings is 1. The van der Waals surface area contributed by atoms with Crippen molar-refractivity contribution in [3.63, 3.8) is 0 Å². The van der Waals surface area contributed by atoms with E-state index in [9.17, 15) is 4.79 Å². The molecule has 1 fully saturated rings. The molecule has 1 aromatic carbocycles. The Morgan fingerprint density at radius 3 is 2.54 bits per heavy atom. The maximum atomic E-state index is 12.3. The monoisotopic (exact) mass is 348 g/mol. The summed E-state index contributed by atoms with van der Waals surface area (Å²) in [5.74, 6) is 0.0519. The number of thiocarbonyl (C=S) groups is 1. The number of benzene rings is 1. The molecule has 132 valence electrons. The molecule has 6 heteroatoms. The molecular weight excluding hydrogens is 320 g/mol. The average molecular weight is 349 g/mol. The highest BCUT2D eigenvalue weighted by Gasteiger charge is 2.20. The molecule has 0 unspecified atom stereocenters. The van der Waals surface area contributed by atoms with Gasteiger partial charge in [0.25, 0.3) is 0 Å². The van der Waals surface area contributed by atoms with Crippen molar-refractivity contribution in [1.82, 2.24) is 15.1 Å². The first kappa shape index (κ1) is 18.7. The molecule has 1 aliphatic heterocycles. The molecule has 0 aliphatic carbocycles. The van der Waals surface area contributed by atoms with Crippen LogP contribution in [0.2, 0.25) is 0 Å². The fourth-order valence-corrected chi connectivity index (χ4v) is 3.08. The minimum absolute atomic E-state index is 0.0519. The number of carbonyl (C=O) groups is 1. The summed E-state index contributed by atoms with van der Waals surface area (Å²) in [4.78, 5) is 16.7. The molecule has 0 radical (unpaired) electrons. The lowest BCUT2D eigenvalue weighted by Crippen LogP contribution is -2.53. The quantitative estimate of drug-likeness (QED) is 0.771. The maximum Gasteiger partial charge on any atom is 0.238 e. The van der Waals surface area contributed by atoms with Crippen molar-refractivity contribution in [2.24, 2.45) is 0 Å². The van der Waals surface area contributed by atoms with Crippen LogP contribution >= 0.6 is 12.2 Å². The van der Waals surface area contributed by atoms with Crippen molar-refractivity contribution in [3.8, 4) is 0 Å². The first-order chi connectivity index (χ1) is 11.6. The van der Waals surface area contributed by atoms with Crippen molar-refractivity contribution < 1.29 is 4.79 Å². The van der Waals surface area contributed by atoms with E-state index in [1.54, 1.807) is 0 Å². The topological polar surface area (TPSA) is 47.6 Å². The first-order valence-electron chi connectivity index (χ1n) is 8.77. The van der Waals surface area contributed by atoms with Gasteiger partial charge in [-0.3, -0.25) is 9.69 Å². The lowest BCUT2D eigenvalue weighted by molar-refractivity contribution is -0.117. The van der Waals surface area contributed by atoms with Gasteiger partial charge < -0.3 is 15.5 Å². The summed E-state index contributed by atoms with van der Waals surface area (Å²) in [6, 6.07) is 7.98. The van der Waals surface area contributed by atoms with Crippen molar-refractivity contribution in [3.05, 3.63) is 29.8 Å². The Morgan fingerprint density at radius 2 is 1.88 bits per heavy atom. The van der Waals surface area contributed by atoms with Crippen LogP contribution < -0.4 is 10.6 Å². The molecule has 1 heterocycles. The van der Waals surface area contributed by atoms with Crippen LogP contribution in [0.5, 0.6) is 0 Å². The Labute approximate surface area is 150 Å². The van der Waals surface area contributed by atoms with Crippen LogP contribution in [-0.2, 0) is 11.2 Å². The summed E-state index contributed by atoms with van der Waals surface area (Å²) in [5, 5.41) is 7.13. The summed E-state index contributed by atoms with van der Waals surface area (Å²) in [6.45, 7) is 9.03. The summed E-state index contributed by atoms with van der Waals surface area (Å²) in [7, 11) is 0. The van der Waals surface area contributed by atoms with Crippen LogP contribution in [0.15, 0.2) is 24.3 Å². The van der Waals surface area contributed by atoms with Crippen LogP contribution in [0.4, 0.5) is 5.69 Å². The van der Waals surface area contributed by atoms with E-state index in [0.717, 1.165) is 56.4 Å². The summed E-state index contributed by atoms with van der Waals surface area (Å²) < 4.78 is 0. The zero-order valence-electron chi connectivity index (χ0n) is 14.7. The molecule has 0 atom stereocenters. The summed E-state index contributed by atoms with van der Waals surface area (Å²) in [6.07, 6.45) is 1.98. The van der Waals surface area contributed by atoms with E-state index in [1.807, 2.05) is 18.2 Å². The van der Waals surface area contributed by atoms with Gasteiger partial charge in [0.2, 0.25) is 5.91 Å². The highest BCUT2D eigenvalue weighted by Crippen LogP contribution is 2.15. The molecule has 24 heavy (non-hydrogen) atoms. The van der Waals surface area contributed by atoms with E-state index in [0.29, 0.717) is 6.54 Å². The Bertz CT molecular complexity index is 556. The molecule has 2 rings (SSSR count). The molecule has 5 nitrogen and oxygen atoms in total. The standard InChI is InChI=1S/C18H28N4OS/c1-3-9-19-18(24)22-12-10-21(11-13-22)14-17(23)20-16-8-6-5-7-15(16)4-2/h5-8H,3-4,9-14H2,1-2H3,(H,19,24)(H,20,23). The molecule has 1 aliphatic rings. The molecule has 0 bridgehead atoms. The van der Waals surface area contributed by atoms with Crippen molar-refractivity contribution in [1.29, 1.82) is 0 Å². The third-order valence-electron chi connectivity index (χ3n) is 4.23. The van der Waals surface area contributed by atoms with Crippen LogP contribution in [0.3, 0.4) is 0 Å². The van der Waals surface area contributed by atoms with Gasteiger partial charge in [0.1, 0.15) is 0 Å². The zero-order chi connectivity index (χ0) is 17.4. The van der Waals surface area contributed by atoms with Gasteiger partial charge in [0.15, 0.2) is 5.11 Å². The highest BCUT2D eigenvalue weighted by atomic mass is 32.1. The molecule has 1 saturated heterocycles. The van der Waals surface area contributed by atoms with Gasteiger partial charge in [-0.05, 0) is 36.7 Å². The molecule has 2 N–H and O–H groups in total. The van der Waals surface area contributed by atoms with E-state index < -0.39 is 0 Å². The number of aryl methyl sites for hydroxylation is 1. The Kier molecular flexibility index (Phi) is 7.46. The molecule has 1 aromatic rings. The van der Waals surface area contributed by atoms with Gasteiger partial charge in [0.05, 0.1) is 6.54 Å². The third kappa shape index (κ3) is 5.46. The van der Waals surface area contributed by atoms with Crippen LogP contribution in [0, 0.1) is 0 Å². The lowest BCUT2D eigenvalue weighted by atomic mass is 10.1. The number of hydrogen-bond acceptors (Lipinski definition) is 3. The number of hydrogen-bond donors (Lipinski definition) is 2. The van der Waals surface area contributed by atoms with E-state index in [1.165, 1.54) is 5.56 Å². The minimum Gasteiger partial charge on any atom is -0.363 e. The minimum atomic E-state index is 0.0519. The first-order valence-corrected chi connectivity index (χ1v) is 9.17. The number of nitrogens with one attached hydrogen (secondary N) is 2. The molecule has 0 spiro atoms. The normalized spacial score (nSPS) is 15.2. The number of anilines is 1. The van der Waals surface area contributed by atoms with Crippen LogP contribution in [0.1, 0.15) is 25.8 Å². The van der Waals surface area contributed by atoms with E-state index in [-0.39, 0.29) is 5.91 Å². The van der Waals surface area contributed by atoms with E-state index in [4.69, 9.17) is 12.2 Å². The van der Waals surface area contributed by atoms with Gasteiger partial charge in [-0.15, -0.1) is 0 Å². The predicted molar refractivity (Wildman–Crippen MR) is 103 cm³/mol. The Morgan fingerprint density at radius 1 is 1.17 bits per heavy atom. The SMILES string of the molecule is CCCNC(=S)N1CCN(CC(=O)Nc2ccccc2CC)CC1. The van der Waals surface area contributed by atoms with E-state index in [2.05, 4.69) is 40.3 Å². The second kappa shape index (κ2) is 9.59. The largest absolute Gasteiger partial charge is 0.363 e. The molecular formula is C18H28N4OS. The van der Waals surface area contributed by atoms with Gasteiger partial charge in [0, 0.05) is 38.4 Å². The van der Waals surface area contributed by atoms with Gasteiger partial charge in [-0.25, -0.2) is 0 Å². The smallest absolute Gasteiger partial charge is 0.238 e. The molecule has 0 aromatic heterocycles. The Hall–Kier alpha value is -1.66. The number of rotatable bonds is 6. The number of para-hydroxylation sites is 1. The Balaban J connectivity index is 1.77. The lowest BCUT2D eigenvalue weighted by Gasteiger charge is -2.35. The van der Waals surface area contributed by atoms with Crippen molar-refractivity contribution >= 4 is 28.9 Å². The second-order valence-corrected chi connectivity index (χ2v) is 6.44. The second-order valence-electron chi connectivity index (χ2n) is 6.05. The van der Waals surface area contributed by atoms with Crippen LogP contribution in [0.25, 0.3) is 0 Å². The van der Waals surface area contributed by atoms with Crippen molar-refractivity contribution in [2.75, 3.05) is 44.6 Å². The zero-order valence-corrected chi connectivity index (χ0v) is 15.5. The van der Waals surface area contributed by atoms with Crippen molar-refractivity contribution in [2.45, 2.75) is 26.7 Å². The average Bonchev–Trinajstić information content (AvgIpc) is 2.60. The molecule has 1 amide bonds. The number of carbonyl (C=O) groups excluding carboxylic acids is 1. The maximum absolute atomic E-state index is 12.3. The van der Waals surface area contributed by atoms with Gasteiger partial charge in [-0.1, -0.05) is 32.0 Å². The fourth-order valence-electron chi connectivity index (χ4n) is 2.80. The number of amides is 1. The number of nitrogens with zero attached hydrogens (tertiary/aromatic N) is 2. The third-order valence-corrected chi connectivity index (χ3v) is 4.63.